The second-order valence-corrected chi connectivity index (χ2v) is 11.7. The Morgan fingerprint density at radius 2 is 1.66 bits per heavy atom. The molecular formula is C25H37N3O4. The monoisotopic (exact) mass is 443 g/mol. The molecule has 7 heteroatoms. The molecule has 32 heavy (non-hydrogen) atoms. The molecule has 2 N–H and O–H groups in total. The van der Waals surface area contributed by atoms with Crippen LogP contribution in [0, 0.1) is 11.8 Å². The van der Waals surface area contributed by atoms with Gasteiger partial charge in [-0.3, -0.25) is 14.4 Å². The Bertz CT molecular complexity index is 852. The predicted molar refractivity (Wildman–Crippen MR) is 120 cm³/mol. The van der Waals surface area contributed by atoms with Gasteiger partial charge >= 0.3 is 0 Å². The number of likely N-dealkylation sites (tertiary alicyclic amines) is 1. The van der Waals surface area contributed by atoms with E-state index in [1.54, 1.807) is 4.90 Å². The van der Waals surface area contributed by atoms with Crippen LogP contribution in [0.3, 0.4) is 0 Å². The Balaban J connectivity index is 1.52. The molecule has 3 aliphatic heterocycles. The molecule has 2 saturated heterocycles. The summed E-state index contributed by atoms with van der Waals surface area (Å²) in [5.41, 5.74) is -2.38. The molecule has 0 unspecified atom stereocenters. The van der Waals surface area contributed by atoms with Gasteiger partial charge in [0.15, 0.2) is 0 Å². The van der Waals surface area contributed by atoms with Gasteiger partial charge < -0.3 is 20.3 Å². The van der Waals surface area contributed by atoms with E-state index in [9.17, 15) is 14.4 Å². The van der Waals surface area contributed by atoms with Crippen molar-refractivity contribution in [2.45, 2.75) is 114 Å². The highest BCUT2D eigenvalue weighted by Crippen LogP contribution is 2.60. The van der Waals surface area contributed by atoms with Crippen molar-refractivity contribution >= 4 is 17.7 Å². The fraction of sp³-hybridized carbons (Fsp3) is 0.800. The molecule has 0 radical (unpaired) electrons. The van der Waals surface area contributed by atoms with Gasteiger partial charge in [-0.25, -0.2) is 0 Å². The van der Waals surface area contributed by atoms with Crippen molar-refractivity contribution in [1.29, 1.82) is 0 Å². The molecule has 0 aromatic heterocycles. The van der Waals surface area contributed by atoms with E-state index in [0.29, 0.717) is 0 Å². The highest BCUT2D eigenvalue weighted by Gasteiger charge is 2.76. The van der Waals surface area contributed by atoms with Gasteiger partial charge in [0.05, 0.1) is 17.4 Å². The number of nitrogens with zero attached hydrogens (tertiary/aromatic N) is 1. The summed E-state index contributed by atoms with van der Waals surface area (Å²) in [5.74, 6) is -1.66. The highest BCUT2D eigenvalue weighted by molar-refractivity contribution is 6.00. The maximum atomic E-state index is 14.0. The predicted octanol–water partition coefficient (Wildman–Crippen LogP) is 2.44. The van der Waals surface area contributed by atoms with Gasteiger partial charge in [0.2, 0.25) is 17.7 Å². The van der Waals surface area contributed by atoms with Crippen LogP contribution in [0.5, 0.6) is 0 Å². The van der Waals surface area contributed by atoms with E-state index in [1.807, 2.05) is 39.8 Å². The Hall–Kier alpha value is -1.89. The SMILES string of the molecule is CC(C)(C)NC(=O)[C@H]1N(C2CCCC2)C(=O)[C@@H]2[C@H](C(=O)NC3CCCC3)[C@]3(C)C=C[C@@]21O3. The summed E-state index contributed by atoms with van der Waals surface area (Å²) < 4.78 is 6.58. The van der Waals surface area contributed by atoms with Gasteiger partial charge in [-0.05, 0) is 53.4 Å². The summed E-state index contributed by atoms with van der Waals surface area (Å²) in [4.78, 5) is 42.9. The van der Waals surface area contributed by atoms with Crippen molar-refractivity contribution in [1.82, 2.24) is 15.5 Å². The third kappa shape index (κ3) is 3.22. The number of carbonyl (C=O) groups excluding carboxylic acids is 3. The van der Waals surface area contributed by atoms with E-state index in [0.717, 1.165) is 51.4 Å². The second-order valence-electron chi connectivity index (χ2n) is 11.7. The third-order valence-corrected chi connectivity index (χ3v) is 8.18. The largest absolute Gasteiger partial charge is 0.356 e. The lowest BCUT2D eigenvalue weighted by molar-refractivity contribution is -0.148. The van der Waals surface area contributed by atoms with Gasteiger partial charge in [0, 0.05) is 17.6 Å². The molecule has 5 rings (SSSR count). The standard InChI is InChI=1S/C25H37N3O4/c1-23(2,3)27-21(30)19-25-14-13-24(4,32-25)17(20(29)26-15-9-5-6-10-15)18(25)22(31)28(19)16-11-7-8-12-16/h13-19H,5-12H2,1-4H3,(H,26,29)(H,27,30)/t17-,18+,19-,24+,25-/m1/s1. The minimum atomic E-state index is -1.08. The molecule has 4 fully saturated rings. The highest BCUT2D eigenvalue weighted by atomic mass is 16.5. The van der Waals surface area contributed by atoms with Crippen LogP contribution >= 0.6 is 0 Å². The van der Waals surface area contributed by atoms with Crippen LogP contribution in [0.4, 0.5) is 0 Å². The lowest BCUT2D eigenvalue weighted by atomic mass is 9.70. The molecule has 7 nitrogen and oxygen atoms in total. The van der Waals surface area contributed by atoms with Crippen LogP contribution in [0.15, 0.2) is 12.2 Å². The molecule has 0 aromatic carbocycles. The summed E-state index contributed by atoms with van der Waals surface area (Å²) in [7, 11) is 0. The fourth-order valence-electron chi connectivity index (χ4n) is 6.94. The van der Waals surface area contributed by atoms with E-state index >= 15 is 0 Å². The quantitative estimate of drug-likeness (QED) is 0.654. The van der Waals surface area contributed by atoms with E-state index < -0.39 is 34.6 Å². The first-order chi connectivity index (χ1) is 15.1. The Labute approximate surface area is 190 Å². The summed E-state index contributed by atoms with van der Waals surface area (Å²) >= 11 is 0. The summed E-state index contributed by atoms with van der Waals surface area (Å²) in [5, 5.41) is 6.30. The minimum Gasteiger partial charge on any atom is -0.356 e. The average Bonchev–Trinajstić information content (AvgIpc) is 3.47. The average molecular weight is 444 g/mol. The number of fused-ring (bicyclic) bond motifs is 1. The fourth-order valence-corrected chi connectivity index (χ4v) is 6.94. The molecule has 5 atom stereocenters. The van der Waals surface area contributed by atoms with E-state index in [1.165, 1.54) is 0 Å². The Morgan fingerprint density at radius 1 is 1.03 bits per heavy atom. The van der Waals surface area contributed by atoms with Crippen molar-refractivity contribution in [2.75, 3.05) is 0 Å². The van der Waals surface area contributed by atoms with Crippen molar-refractivity contribution < 1.29 is 19.1 Å². The molecular weight excluding hydrogens is 406 g/mol. The van der Waals surface area contributed by atoms with E-state index in [-0.39, 0.29) is 29.8 Å². The minimum absolute atomic E-state index is 0.0283. The zero-order chi connectivity index (χ0) is 22.9. The van der Waals surface area contributed by atoms with Crippen molar-refractivity contribution in [2.24, 2.45) is 11.8 Å². The van der Waals surface area contributed by atoms with Crippen LogP contribution in [-0.4, -0.2) is 57.5 Å². The van der Waals surface area contributed by atoms with Crippen molar-refractivity contribution in [3.63, 3.8) is 0 Å². The molecule has 2 aliphatic carbocycles. The van der Waals surface area contributed by atoms with Crippen LogP contribution in [0.25, 0.3) is 0 Å². The first kappa shape index (κ1) is 21.9. The summed E-state index contributed by atoms with van der Waals surface area (Å²) in [6.07, 6.45) is 12.0. The molecule has 3 heterocycles. The van der Waals surface area contributed by atoms with E-state index in [4.69, 9.17) is 4.74 Å². The molecule has 5 aliphatic rings. The zero-order valence-corrected chi connectivity index (χ0v) is 19.8. The van der Waals surface area contributed by atoms with Gasteiger partial charge in [0.1, 0.15) is 11.6 Å². The first-order valence-electron chi connectivity index (χ1n) is 12.4. The number of hydrogen-bond acceptors (Lipinski definition) is 4. The number of amides is 3. The van der Waals surface area contributed by atoms with Gasteiger partial charge in [-0.2, -0.15) is 0 Å². The molecule has 2 saturated carbocycles. The van der Waals surface area contributed by atoms with Crippen molar-refractivity contribution in [3.8, 4) is 0 Å². The normalized spacial score (nSPS) is 39.2. The van der Waals surface area contributed by atoms with Crippen LogP contribution < -0.4 is 10.6 Å². The second kappa shape index (κ2) is 7.31. The summed E-state index contributed by atoms with van der Waals surface area (Å²) in [6.45, 7) is 7.72. The van der Waals surface area contributed by atoms with Crippen LogP contribution in [0.1, 0.15) is 79.1 Å². The molecule has 3 amide bonds. The van der Waals surface area contributed by atoms with Crippen LogP contribution in [0.2, 0.25) is 0 Å². The van der Waals surface area contributed by atoms with Crippen LogP contribution in [-0.2, 0) is 19.1 Å². The summed E-state index contributed by atoms with van der Waals surface area (Å²) in [6, 6.07) is -0.544. The third-order valence-electron chi connectivity index (χ3n) is 8.18. The smallest absolute Gasteiger partial charge is 0.246 e. The molecule has 176 valence electrons. The zero-order valence-electron chi connectivity index (χ0n) is 19.8. The first-order valence-corrected chi connectivity index (χ1v) is 12.4. The topological polar surface area (TPSA) is 87.7 Å². The van der Waals surface area contributed by atoms with Gasteiger partial charge in [-0.15, -0.1) is 0 Å². The lowest BCUT2D eigenvalue weighted by Gasteiger charge is -2.37. The number of hydrogen-bond donors (Lipinski definition) is 2. The Morgan fingerprint density at radius 3 is 2.28 bits per heavy atom. The van der Waals surface area contributed by atoms with Crippen molar-refractivity contribution in [3.05, 3.63) is 12.2 Å². The molecule has 1 spiro atoms. The van der Waals surface area contributed by atoms with Gasteiger partial charge in [-0.1, -0.05) is 37.8 Å². The van der Waals surface area contributed by atoms with E-state index in [2.05, 4.69) is 10.6 Å². The number of rotatable bonds is 4. The molecule has 0 aromatic rings. The van der Waals surface area contributed by atoms with Gasteiger partial charge in [0.25, 0.3) is 0 Å². The maximum absolute atomic E-state index is 14.0. The number of carbonyl (C=O) groups is 3. The Kier molecular flexibility index (Phi) is 5.01. The number of nitrogens with one attached hydrogen (secondary N) is 2. The molecule has 2 bridgehead atoms. The number of ether oxygens (including phenoxy) is 1. The maximum Gasteiger partial charge on any atom is 0.246 e. The lowest BCUT2D eigenvalue weighted by Crippen LogP contribution is -2.59.